The number of benzene rings is 1. The van der Waals surface area contributed by atoms with Crippen LogP contribution in [0.1, 0.15) is 5.56 Å². The first kappa shape index (κ1) is 29.6. The number of aliphatic hydroxyl groups is 7. The maximum atomic E-state index is 10.3. The highest BCUT2D eigenvalue weighted by Crippen LogP contribution is 2.23. The number of hydrogen-bond acceptors (Lipinski definition) is 11. The molecule has 0 bridgehead atoms. The highest BCUT2D eigenvalue weighted by atomic mass is 35.5. The molecule has 3 rings (SSSR count). The molecule has 10 atom stereocenters. The van der Waals surface area contributed by atoms with E-state index >= 15 is 0 Å². The van der Waals surface area contributed by atoms with Crippen molar-refractivity contribution in [3.63, 3.8) is 0 Å². The van der Waals surface area contributed by atoms with Crippen molar-refractivity contribution in [1.29, 1.82) is 0 Å². The van der Waals surface area contributed by atoms with E-state index in [9.17, 15) is 35.7 Å². The Morgan fingerprint density at radius 3 is 2.23 bits per heavy atom. The molecule has 14 heteroatoms. The second kappa shape index (κ2) is 13.6. The fourth-order valence-electron chi connectivity index (χ4n) is 3.81. The molecule has 2 aliphatic heterocycles. The Morgan fingerprint density at radius 2 is 1.66 bits per heavy atom. The molecule has 0 radical (unpaired) electrons. The van der Waals surface area contributed by atoms with Gasteiger partial charge in [-0.25, -0.2) is 4.99 Å². The molecule has 0 saturated carbocycles. The average Bonchev–Trinajstić information content (AvgIpc) is 3.11. The maximum absolute atomic E-state index is 10.3. The van der Waals surface area contributed by atoms with E-state index in [1.807, 2.05) is 30.3 Å². The van der Waals surface area contributed by atoms with Crippen LogP contribution in [0, 0.1) is 0 Å². The lowest BCUT2D eigenvalue weighted by Crippen LogP contribution is -2.61. The standard InChI is InChI=1S/C21H33N3O10.ClH/c1-32-20-17(30)14(27)13(26)12(33-20)8-23-21(22-7-10-5-3-2-4-6-10)24-11(9-25)18-15(28)16(29)19(31)34-18;/h2-6,11-20,25-31H,7-9H2,1H3,(H2,22,23,24);1H/t11-,12+,13+,14-,15+,16+,17+,18+,19?,20-;/m0./s1. The first-order valence-electron chi connectivity index (χ1n) is 10.9. The van der Waals surface area contributed by atoms with Crippen LogP contribution in [0.4, 0.5) is 0 Å². The zero-order chi connectivity index (χ0) is 24.8. The number of nitrogens with one attached hydrogen (secondary N) is 2. The van der Waals surface area contributed by atoms with Crippen molar-refractivity contribution in [3.05, 3.63) is 35.9 Å². The van der Waals surface area contributed by atoms with Gasteiger partial charge in [-0.1, -0.05) is 30.3 Å². The van der Waals surface area contributed by atoms with E-state index in [2.05, 4.69) is 15.6 Å². The molecule has 1 aromatic carbocycles. The van der Waals surface area contributed by atoms with Crippen molar-refractivity contribution in [2.24, 2.45) is 4.99 Å². The summed E-state index contributed by atoms with van der Waals surface area (Å²) >= 11 is 0. The molecule has 0 aromatic heterocycles. The lowest BCUT2D eigenvalue weighted by atomic mass is 9.99. The molecule has 13 nitrogen and oxygen atoms in total. The van der Waals surface area contributed by atoms with Gasteiger partial charge in [0.25, 0.3) is 0 Å². The summed E-state index contributed by atoms with van der Waals surface area (Å²) in [4.78, 5) is 4.44. The lowest BCUT2D eigenvalue weighted by molar-refractivity contribution is -0.288. The Morgan fingerprint density at radius 1 is 0.971 bits per heavy atom. The van der Waals surface area contributed by atoms with Gasteiger partial charge in [0.05, 0.1) is 19.2 Å². The van der Waals surface area contributed by atoms with E-state index in [-0.39, 0.29) is 31.5 Å². The summed E-state index contributed by atoms with van der Waals surface area (Å²) in [5.41, 5.74) is 0.874. The molecule has 200 valence electrons. The summed E-state index contributed by atoms with van der Waals surface area (Å²) < 4.78 is 15.7. The Balaban J connectivity index is 0.00000432. The van der Waals surface area contributed by atoms with E-state index < -0.39 is 68.0 Å². The molecule has 2 fully saturated rings. The van der Waals surface area contributed by atoms with E-state index in [1.165, 1.54) is 7.11 Å². The second-order valence-corrected chi connectivity index (χ2v) is 8.19. The average molecular weight is 524 g/mol. The minimum absolute atomic E-state index is 0. The van der Waals surface area contributed by atoms with Gasteiger partial charge >= 0.3 is 0 Å². The van der Waals surface area contributed by atoms with Crippen LogP contribution in [0.15, 0.2) is 35.3 Å². The Labute approximate surface area is 208 Å². The predicted molar refractivity (Wildman–Crippen MR) is 123 cm³/mol. The third-order valence-electron chi connectivity index (χ3n) is 5.82. The predicted octanol–water partition coefficient (Wildman–Crippen LogP) is -3.60. The first-order valence-corrected chi connectivity index (χ1v) is 10.9. The third kappa shape index (κ3) is 7.21. The number of rotatable bonds is 8. The molecule has 2 saturated heterocycles. The van der Waals surface area contributed by atoms with E-state index in [0.717, 1.165) is 5.56 Å². The summed E-state index contributed by atoms with van der Waals surface area (Å²) in [6.07, 6.45) is -12.3. The van der Waals surface area contributed by atoms with Crippen molar-refractivity contribution in [3.8, 4) is 0 Å². The fourth-order valence-corrected chi connectivity index (χ4v) is 3.81. The van der Waals surface area contributed by atoms with Gasteiger partial charge < -0.3 is 60.6 Å². The Kier molecular flexibility index (Phi) is 11.5. The summed E-state index contributed by atoms with van der Waals surface area (Å²) in [5.74, 6) is 0.125. The summed E-state index contributed by atoms with van der Waals surface area (Å²) in [5, 5.41) is 75.6. The number of aliphatic hydroxyl groups excluding tert-OH is 7. The number of hydrogen-bond donors (Lipinski definition) is 9. The molecule has 35 heavy (non-hydrogen) atoms. The molecule has 0 aliphatic carbocycles. The van der Waals surface area contributed by atoms with E-state index in [1.54, 1.807) is 0 Å². The topological polar surface area (TPSA) is 206 Å². The van der Waals surface area contributed by atoms with Crippen molar-refractivity contribution in [2.45, 2.75) is 67.9 Å². The fraction of sp³-hybridized carbons (Fsp3) is 0.667. The molecule has 2 heterocycles. The molecular weight excluding hydrogens is 490 g/mol. The monoisotopic (exact) mass is 523 g/mol. The maximum Gasteiger partial charge on any atom is 0.192 e. The van der Waals surface area contributed by atoms with Gasteiger partial charge in [0.1, 0.15) is 42.7 Å². The zero-order valence-corrected chi connectivity index (χ0v) is 19.8. The van der Waals surface area contributed by atoms with Crippen LogP contribution in [0.2, 0.25) is 0 Å². The molecule has 0 amide bonds. The van der Waals surface area contributed by atoms with Crippen LogP contribution < -0.4 is 10.6 Å². The normalized spacial score (nSPS) is 36.3. The number of methoxy groups -OCH3 is 1. The van der Waals surface area contributed by atoms with E-state index in [4.69, 9.17) is 14.2 Å². The van der Waals surface area contributed by atoms with Gasteiger partial charge in [-0.2, -0.15) is 0 Å². The van der Waals surface area contributed by atoms with Gasteiger partial charge in [0.2, 0.25) is 0 Å². The van der Waals surface area contributed by atoms with Gasteiger partial charge in [-0.3, -0.25) is 0 Å². The highest BCUT2D eigenvalue weighted by Gasteiger charge is 2.46. The van der Waals surface area contributed by atoms with E-state index in [0.29, 0.717) is 0 Å². The van der Waals surface area contributed by atoms with Crippen molar-refractivity contribution >= 4 is 18.4 Å². The Hall–Kier alpha value is -1.62. The number of guanidine groups is 1. The minimum Gasteiger partial charge on any atom is -0.394 e. The minimum atomic E-state index is -1.61. The van der Waals surface area contributed by atoms with Gasteiger partial charge in [0, 0.05) is 13.7 Å². The Bertz CT molecular complexity index is 792. The lowest BCUT2D eigenvalue weighted by Gasteiger charge is -2.40. The molecule has 1 unspecified atom stereocenters. The van der Waals surface area contributed by atoms with Gasteiger partial charge in [-0.15, -0.1) is 12.4 Å². The first-order chi connectivity index (χ1) is 16.3. The number of aliphatic imine (C=N–C) groups is 1. The quantitative estimate of drug-likeness (QED) is 0.120. The van der Waals surface area contributed by atoms with Crippen LogP contribution >= 0.6 is 12.4 Å². The van der Waals surface area contributed by atoms with Crippen LogP contribution in [-0.2, 0) is 20.8 Å². The molecular formula is C21H34ClN3O10. The molecule has 1 aromatic rings. The number of ether oxygens (including phenoxy) is 3. The molecule has 2 aliphatic rings. The van der Waals surface area contributed by atoms with Crippen LogP contribution in [0.25, 0.3) is 0 Å². The number of halogens is 1. The van der Waals surface area contributed by atoms with Gasteiger partial charge in [0.15, 0.2) is 18.5 Å². The summed E-state index contributed by atoms with van der Waals surface area (Å²) in [7, 11) is 1.29. The van der Waals surface area contributed by atoms with Crippen molar-refractivity contribution in [1.82, 2.24) is 10.6 Å². The second-order valence-electron chi connectivity index (χ2n) is 8.19. The number of nitrogens with zero attached hydrogens (tertiary/aromatic N) is 1. The summed E-state index contributed by atoms with van der Waals surface area (Å²) in [6.45, 7) is -0.390. The van der Waals surface area contributed by atoms with Gasteiger partial charge in [-0.05, 0) is 5.56 Å². The van der Waals surface area contributed by atoms with Crippen LogP contribution in [-0.4, -0.2) is 123 Å². The summed E-state index contributed by atoms with van der Waals surface area (Å²) in [6, 6.07) is 8.29. The SMILES string of the molecule is CO[C@H]1O[C@H](CNC(=NCc2ccccc2)N[C@@H](CO)[C@H]2OC(O)[C@H](O)[C@H]2O)[C@@H](O)[C@H](O)[C@H]1O.Cl. The largest absolute Gasteiger partial charge is 0.394 e. The smallest absolute Gasteiger partial charge is 0.192 e. The highest BCUT2D eigenvalue weighted by molar-refractivity contribution is 5.85. The molecule has 9 N–H and O–H groups in total. The molecule has 0 spiro atoms. The third-order valence-corrected chi connectivity index (χ3v) is 5.82. The van der Waals surface area contributed by atoms with Crippen LogP contribution in [0.3, 0.4) is 0 Å². The zero-order valence-electron chi connectivity index (χ0n) is 19.0. The van der Waals surface area contributed by atoms with Crippen molar-refractivity contribution in [2.75, 3.05) is 20.3 Å². The van der Waals surface area contributed by atoms with Crippen molar-refractivity contribution < 1.29 is 50.0 Å². The van der Waals surface area contributed by atoms with Crippen LogP contribution in [0.5, 0.6) is 0 Å².